The van der Waals surface area contributed by atoms with Gasteiger partial charge in [-0.3, -0.25) is 14.5 Å². The highest BCUT2D eigenvalue weighted by atomic mass is 16.5. The van der Waals surface area contributed by atoms with E-state index in [4.69, 9.17) is 9.47 Å². The fourth-order valence-electron chi connectivity index (χ4n) is 5.53. The third kappa shape index (κ3) is 6.58. The summed E-state index contributed by atoms with van der Waals surface area (Å²) in [5, 5.41) is 11.5. The summed E-state index contributed by atoms with van der Waals surface area (Å²) >= 11 is 0. The second-order valence-electron chi connectivity index (χ2n) is 12.1. The second kappa shape index (κ2) is 12.5. The van der Waals surface area contributed by atoms with Crippen LogP contribution in [0.25, 0.3) is 5.76 Å². The number of ketones is 1. The number of morpholine rings is 1. The number of carbonyl (C=O) groups excluding carboxylic acids is 2. The van der Waals surface area contributed by atoms with Crippen molar-refractivity contribution in [3.05, 3.63) is 106 Å². The van der Waals surface area contributed by atoms with Crippen LogP contribution in [0.4, 0.5) is 0 Å². The van der Waals surface area contributed by atoms with Crippen LogP contribution in [0.1, 0.15) is 54.6 Å². The van der Waals surface area contributed by atoms with Crippen LogP contribution in [0.15, 0.2) is 78.4 Å². The lowest BCUT2D eigenvalue weighted by Gasteiger charge is -2.31. The average Bonchev–Trinajstić information content (AvgIpc) is 3.24. The molecule has 1 amide bonds. The van der Waals surface area contributed by atoms with Crippen LogP contribution in [0, 0.1) is 6.92 Å². The molecule has 2 heterocycles. The predicted octanol–water partition coefficient (Wildman–Crippen LogP) is 5.63. The smallest absolute Gasteiger partial charge is 0.295 e. The number of Topliss-reactive ketones (excluding diaryl/α,β-unsaturated/α-hetero) is 1. The molecule has 2 aliphatic heterocycles. The monoisotopic (exact) mass is 568 g/mol. The molecule has 0 aliphatic carbocycles. The van der Waals surface area contributed by atoms with E-state index in [-0.39, 0.29) is 16.7 Å². The number of aryl methyl sites for hydroxylation is 1. The van der Waals surface area contributed by atoms with Crippen molar-refractivity contribution in [1.82, 2.24) is 9.80 Å². The van der Waals surface area contributed by atoms with Crippen LogP contribution >= 0.6 is 0 Å². The normalized spacial score (nSPS) is 19.3. The molecule has 0 radical (unpaired) electrons. The quantitative estimate of drug-likeness (QED) is 0.216. The minimum atomic E-state index is -0.683. The van der Waals surface area contributed by atoms with Gasteiger partial charge in [0.1, 0.15) is 18.1 Å². The molecule has 2 aliphatic rings. The van der Waals surface area contributed by atoms with Gasteiger partial charge >= 0.3 is 0 Å². The largest absolute Gasteiger partial charge is 0.507 e. The standard InChI is InChI=1S/C35H40N2O5/c1-24-6-5-7-25(22-24)23-42-29-14-10-27(11-15-29)32(38)30-31(26-8-12-28(13-9-26)35(2,3)4)37(34(40)33(30)39)17-16-36-18-20-41-21-19-36/h5-15,22,31,38H,16-21,23H2,1-4H3. The van der Waals surface area contributed by atoms with Crippen LogP contribution in [-0.4, -0.2) is 66.0 Å². The number of aliphatic hydroxyl groups is 1. The summed E-state index contributed by atoms with van der Waals surface area (Å²) in [5.41, 5.74) is 4.71. The van der Waals surface area contributed by atoms with Crippen molar-refractivity contribution in [3.63, 3.8) is 0 Å². The van der Waals surface area contributed by atoms with Gasteiger partial charge in [0, 0.05) is 31.7 Å². The molecular formula is C35H40N2O5. The van der Waals surface area contributed by atoms with Gasteiger partial charge in [0.25, 0.3) is 11.7 Å². The van der Waals surface area contributed by atoms with E-state index in [1.165, 1.54) is 5.56 Å². The van der Waals surface area contributed by atoms with Crippen LogP contribution in [0.2, 0.25) is 0 Å². The maximum absolute atomic E-state index is 13.5. The lowest BCUT2D eigenvalue weighted by Crippen LogP contribution is -2.42. The summed E-state index contributed by atoms with van der Waals surface area (Å²) in [6, 6.07) is 22.4. The zero-order valence-electron chi connectivity index (χ0n) is 24.9. The summed E-state index contributed by atoms with van der Waals surface area (Å²) in [7, 11) is 0. The summed E-state index contributed by atoms with van der Waals surface area (Å²) < 4.78 is 11.4. The van der Waals surface area contributed by atoms with Gasteiger partial charge in [-0.25, -0.2) is 0 Å². The Morgan fingerprint density at radius 3 is 2.29 bits per heavy atom. The predicted molar refractivity (Wildman–Crippen MR) is 163 cm³/mol. The van der Waals surface area contributed by atoms with Crippen molar-refractivity contribution in [2.45, 2.75) is 45.8 Å². The third-order valence-electron chi connectivity index (χ3n) is 8.01. The van der Waals surface area contributed by atoms with E-state index in [2.05, 4.69) is 31.7 Å². The maximum atomic E-state index is 13.5. The number of hydrogen-bond donors (Lipinski definition) is 1. The van der Waals surface area contributed by atoms with Crippen LogP contribution in [0.5, 0.6) is 5.75 Å². The van der Waals surface area contributed by atoms with Gasteiger partial charge in [-0.15, -0.1) is 0 Å². The van der Waals surface area contributed by atoms with Crippen molar-refractivity contribution in [1.29, 1.82) is 0 Å². The first-order chi connectivity index (χ1) is 20.1. The Morgan fingerprint density at radius 2 is 1.64 bits per heavy atom. The maximum Gasteiger partial charge on any atom is 0.295 e. The Hall–Kier alpha value is -3.94. The highest BCUT2D eigenvalue weighted by molar-refractivity contribution is 6.46. The number of likely N-dealkylation sites (tertiary alicyclic amines) is 1. The molecule has 1 unspecified atom stereocenters. The molecule has 3 aromatic carbocycles. The van der Waals surface area contributed by atoms with E-state index in [0.717, 1.165) is 29.8 Å². The Labute approximate surface area is 248 Å². The van der Waals surface area contributed by atoms with Gasteiger partial charge in [0.2, 0.25) is 0 Å². The molecule has 0 aromatic heterocycles. The summed E-state index contributed by atoms with van der Waals surface area (Å²) in [6.07, 6.45) is 0. The number of benzene rings is 3. The first-order valence-electron chi connectivity index (χ1n) is 14.6. The highest BCUT2D eigenvalue weighted by Crippen LogP contribution is 2.40. The molecule has 220 valence electrons. The van der Waals surface area contributed by atoms with Crippen LogP contribution < -0.4 is 4.74 Å². The van der Waals surface area contributed by atoms with Gasteiger partial charge < -0.3 is 19.5 Å². The fraction of sp³-hybridized carbons (Fsp3) is 0.371. The van der Waals surface area contributed by atoms with E-state index in [0.29, 0.717) is 44.2 Å². The molecule has 3 aromatic rings. The number of rotatable bonds is 8. The van der Waals surface area contributed by atoms with E-state index < -0.39 is 17.7 Å². The molecule has 0 bridgehead atoms. The van der Waals surface area contributed by atoms with Gasteiger partial charge in [0.15, 0.2) is 0 Å². The average molecular weight is 569 g/mol. The second-order valence-corrected chi connectivity index (χ2v) is 12.1. The van der Waals surface area contributed by atoms with Crippen LogP contribution in [0.3, 0.4) is 0 Å². The number of nitrogens with zero attached hydrogens (tertiary/aromatic N) is 2. The number of aliphatic hydroxyl groups excluding tert-OH is 1. The number of carbonyl (C=O) groups is 2. The van der Waals surface area contributed by atoms with Crippen molar-refractivity contribution >= 4 is 17.4 Å². The Balaban J connectivity index is 1.43. The van der Waals surface area contributed by atoms with Gasteiger partial charge in [-0.1, -0.05) is 74.9 Å². The molecule has 42 heavy (non-hydrogen) atoms. The van der Waals surface area contributed by atoms with Crippen LogP contribution in [-0.2, 0) is 26.3 Å². The van der Waals surface area contributed by atoms with E-state index in [1.54, 1.807) is 29.2 Å². The molecule has 2 fully saturated rings. The minimum Gasteiger partial charge on any atom is -0.507 e. The Morgan fingerprint density at radius 1 is 0.952 bits per heavy atom. The molecule has 2 saturated heterocycles. The van der Waals surface area contributed by atoms with E-state index in [9.17, 15) is 14.7 Å². The minimum absolute atomic E-state index is 0.0418. The third-order valence-corrected chi connectivity index (χ3v) is 8.01. The number of hydrogen-bond acceptors (Lipinski definition) is 6. The molecular weight excluding hydrogens is 528 g/mol. The van der Waals surface area contributed by atoms with Gasteiger partial charge in [-0.05, 0) is 53.3 Å². The number of ether oxygens (including phenoxy) is 2. The first-order valence-corrected chi connectivity index (χ1v) is 14.6. The molecule has 5 rings (SSSR count). The molecule has 1 atom stereocenters. The van der Waals surface area contributed by atoms with Crippen molar-refractivity contribution < 1.29 is 24.2 Å². The van der Waals surface area contributed by atoms with E-state index in [1.807, 2.05) is 49.4 Å². The zero-order chi connectivity index (χ0) is 29.9. The molecule has 0 spiro atoms. The zero-order valence-corrected chi connectivity index (χ0v) is 24.9. The van der Waals surface area contributed by atoms with Crippen molar-refractivity contribution in [3.8, 4) is 5.75 Å². The Bertz CT molecular complexity index is 1450. The SMILES string of the molecule is Cc1cccc(COc2ccc(C(O)=C3C(=O)C(=O)N(CCN4CCOCC4)C3c3ccc(C(C)(C)C)cc3)cc2)c1. The lowest BCUT2D eigenvalue weighted by atomic mass is 9.85. The molecule has 1 N–H and O–H groups in total. The molecule has 7 nitrogen and oxygen atoms in total. The Kier molecular flexibility index (Phi) is 8.80. The first kappa shape index (κ1) is 29.5. The fourth-order valence-corrected chi connectivity index (χ4v) is 5.53. The molecule has 7 heteroatoms. The van der Waals surface area contributed by atoms with Crippen molar-refractivity contribution in [2.24, 2.45) is 0 Å². The summed E-state index contributed by atoms with van der Waals surface area (Å²) in [6.45, 7) is 12.8. The molecule has 0 saturated carbocycles. The summed E-state index contributed by atoms with van der Waals surface area (Å²) in [5.74, 6) is -0.794. The lowest BCUT2D eigenvalue weighted by molar-refractivity contribution is -0.140. The topological polar surface area (TPSA) is 79.3 Å². The van der Waals surface area contributed by atoms with Gasteiger partial charge in [0.05, 0.1) is 24.8 Å². The van der Waals surface area contributed by atoms with E-state index >= 15 is 0 Å². The highest BCUT2D eigenvalue weighted by Gasteiger charge is 2.46. The van der Waals surface area contributed by atoms with Crippen molar-refractivity contribution in [2.75, 3.05) is 39.4 Å². The number of amides is 1. The van der Waals surface area contributed by atoms with Gasteiger partial charge in [-0.2, -0.15) is 0 Å². The summed E-state index contributed by atoms with van der Waals surface area (Å²) in [4.78, 5) is 30.7.